The van der Waals surface area contributed by atoms with Gasteiger partial charge in [0.15, 0.2) is 6.10 Å². The molecule has 0 amide bonds. The van der Waals surface area contributed by atoms with Crippen LogP contribution < -0.4 is 0 Å². The Labute approximate surface area is 432 Å². The van der Waals surface area contributed by atoms with E-state index in [-0.39, 0.29) is 25.7 Å². The maximum atomic E-state index is 13.0. The van der Waals surface area contributed by atoms with Gasteiger partial charge in [0.05, 0.1) is 24.9 Å². The quantitative estimate of drug-likeness (QED) is 0.00947. The molecule has 73 heavy (non-hydrogen) atoms. The molecule has 0 aromatic rings. The van der Waals surface area contributed by atoms with Crippen LogP contribution in [0.3, 0.4) is 0 Å². The summed E-state index contributed by atoms with van der Waals surface area (Å²) in [4.78, 5) is 54.5. The van der Waals surface area contributed by atoms with Crippen LogP contribution in [0.15, 0.2) is 97.2 Å². The molecule has 0 aromatic heterocycles. The molecule has 11 atom stereocenters. The fourth-order valence-corrected chi connectivity index (χ4v) is 8.68. The SMILES string of the molecule is CC/C=C\C[C@H](O)/C=C/C=C/C=C\C=C/[C@@H](O)[C@H](O)CCCC(=O)O[C@H](COC(=O)CCCCCCCC/C=C\C/C=C\C/C=C\CCCCCC)COP(=O)(O)O[C@H]1C(O)C(O)C(O)[C@@H](OP(=O)(O)O)C1O. The Balaban J connectivity index is 2.70. The Morgan fingerprint density at radius 2 is 1.10 bits per heavy atom. The molecule has 19 nitrogen and oxygen atoms in total. The Morgan fingerprint density at radius 3 is 1.70 bits per heavy atom. The minimum atomic E-state index is -5.42. The Bertz CT molecular complexity index is 1820. The van der Waals surface area contributed by atoms with Crippen molar-refractivity contribution in [2.45, 2.75) is 203 Å². The lowest BCUT2D eigenvalue weighted by Crippen LogP contribution is -2.64. The molecule has 0 aliphatic heterocycles. The van der Waals surface area contributed by atoms with Crippen molar-refractivity contribution < 1.29 is 92.2 Å². The molecule has 21 heteroatoms. The first kappa shape index (κ1) is 67.8. The van der Waals surface area contributed by atoms with Crippen LogP contribution in [0, 0.1) is 0 Å². The average molecular weight is 1080 g/mol. The van der Waals surface area contributed by atoms with Gasteiger partial charge in [0.1, 0.15) is 43.2 Å². The van der Waals surface area contributed by atoms with Crippen LogP contribution in [0.5, 0.6) is 0 Å². The van der Waals surface area contributed by atoms with Gasteiger partial charge in [-0.05, 0) is 70.6 Å². The molecule has 0 radical (unpaired) electrons. The fraction of sp³-hybridized carbons (Fsp3) is 0.654. The number of ether oxygens (including phenoxy) is 2. The number of rotatable bonds is 41. The largest absolute Gasteiger partial charge is 0.472 e. The number of phosphoric acid groups is 2. The molecule has 0 spiro atoms. The van der Waals surface area contributed by atoms with Gasteiger partial charge in [0.25, 0.3) is 0 Å². The van der Waals surface area contributed by atoms with Gasteiger partial charge in [-0.3, -0.25) is 23.2 Å². The first-order valence-corrected chi connectivity index (χ1v) is 28.6. The number of hydrogen-bond acceptors (Lipinski definition) is 16. The molecule has 1 rings (SSSR count). The predicted molar refractivity (Wildman–Crippen MR) is 277 cm³/mol. The highest BCUT2D eigenvalue weighted by atomic mass is 31.2. The minimum Gasteiger partial charge on any atom is -0.462 e. The van der Waals surface area contributed by atoms with Gasteiger partial charge in [-0.25, -0.2) is 9.13 Å². The van der Waals surface area contributed by atoms with E-state index in [1.54, 1.807) is 36.5 Å². The Kier molecular flexibility index (Phi) is 38.1. The third-order valence-corrected chi connectivity index (χ3v) is 12.7. The summed E-state index contributed by atoms with van der Waals surface area (Å²) in [6, 6.07) is 0. The highest BCUT2D eigenvalue weighted by Crippen LogP contribution is 2.49. The molecule has 0 aromatic carbocycles. The normalized spacial score (nSPS) is 22.7. The Hall–Kier alpha value is -3.20. The van der Waals surface area contributed by atoms with Crippen molar-refractivity contribution in [3.8, 4) is 0 Å². The van der Waals surface area contributed by atoms with E-state index in [2.05, 4.69) is 47.9 Å². The third-order valence-electron chi connectivity index (χ3n) is 11.2. The van der Waals surface area contributed by atoms with Gasteiger partial charge < -0.3 is 59.9 Å². The molecule has 0 saturated heterocycles. The van der Waals surface area contributed by atoms with Crippen LogP contribution in [-0.4, -0.2) is 137 Å². The van der Waals surface area contributed by atoms with E-state index >= 15 is 0 Å². The zero-order valence-corrected chi connectivity index (χ0v) is 44.4. The number of aliphatic hydroxyl groups is 7. The number of carbonyl (C=O) groups excluding carboxylic acids is 2. The highest BCUT2D eigenvalue weighted by molar-refractivity contribution is 7.47. The zero-order valence-electron chi connectivity index (χ0n) is 42.6. The summed E-state index contributed by atoms with van der Waals surface area (Å²) >= 11 is 0. The first-order chi connectivity index (χ1) is 34.8. The Morgan fingerprint density at radius 1 is 0.562 bits per heavy atom. The lowest BCUT2D eigenvalue weighted by Gasteiger charge is -2.43. The smallest absolute Gasteiger partial charge is 0.462 e. The monoisotopic (exact) mass is 1080 g/mol. The molecular formula is C52H86O19P2. The van der Waals surface area contributed by atoms with Crippen molar-refractivity contribution in [3.05, 3.63) is 97.2 Å². The van der Waals surface area contributed by atoms with Crippen molar-refractivity contribution >= 4 is 27.6 Å². The summed E-state index contributed by atoms with van der Waals surface area (Å²) in [7, 11) is -10.8. The maximum Gasteiger partial charge on any atom is 0.472 e. The number of allylic oxidation sites excluding steroid dienone is 13. The van der Waals surface area contributed by atoms with Crippen LogP contribution in [0.1, 0.15) is 142 Å². The number of aliphatic hydroxyl groups excluding tert-OH is 7. The van der Waals surface area contributed by atoms with Crippen LogP contribution in [0.4, 0.5) is 0 Å². The zero-order chi connectivity index (χ0) is 54.3. The summed E-state index contributed by atoms with van der Waals surface area (Å²) in [6.07, 6.45) is 26.9. The number of esters is 2. The second-order valence-corrected chi connectivity index (χ2v) is 20.3. The summed E-state index contributed by atoms with van der Waals surface area (Å²) in [6.45, 7) is 2.61. The molecule has 10 N–H and O–H groups in total. The van der Waals surface area contributed by atoms with Crippen molar-refractivity contribution in [2.24, 2.45) is 0 Å². The van der Waals surface area contributed by atoms with Gasteiger partial charge in [-0.1, -0.05) is 156 Å². The second kappa shape index (κ2) is 41.0. The summed E-state index contributed by atoms with van der Waals surface area (Å²) < 4.78 is 49.2. The maximum absolute atomic E-state index is 13.0. The van der Waals surface area contributed by atoms with E-state index in [9.17, 15) is 69.1 Å². The number of hydrogen-bond donors (Lipinski definition) is 10. The lowest BCUT2D eigenvalue weighted by molar-refractivity contribution is -0.216. The van der Waals surface area contributed by atoms with E-state index in [0.717, 1.165) is 64.2 Å². The third kappa shape index (κ3) is 34.9. The van der Waals surface area contributed by atoms with Gasteiger partial charge in [0, 0.05) is 12.8 Å². The van der Waals surface area contributed by atoms with Gasteiger partial charge in [-0.2, -0.15) is 0 Å². The van der Waals surface area contributed by atoms with Gasteiger partial charge >= 0.3 is 27.6 Å². The molecule has 1 aliphatic rings. The molecule has 5 unspecified atom stereocenters. The first-order valence-electron chi connectivity index (χ1n) is 25.6. The van der Waals surface area contributed by atoms with Crippen molar-refractivity contribution in [1.82, 2.24) is 0 Å². The summed E-state index contributed by atoms with van der Waals surface area (Å²) in [5, 5.41) is 72.0. The molecule has 1 aliphatic carbocycles. The highest BCUT2D eigenvalue weighted by Gasteiger charge is 2.54. The van der Waals surface area contributed by atoms with Crippen LogP contribution in [0.25, 0.3) is 0 Å². The van der Waals surface area contributed by atoms with Crippen molar-refractivity contribution in [2.75, 3.05) is 13.2 Å². The molecule has 0 bridgehead atoms. The van der Waals surface area contributed by atoms with E-state index in [4.69, 9.17) is 18.5 Å². The van der Waals surface area contributed by atoms with E-state index in [1.165, 1.54) is 37.8 Å². The van der Waals surface area contributed by atoms with E-state index in [1.807, 2.05) is 19.1 Å². The number of unbranched alkanes of at least 4 members (excludes halogenated alkanes) is 10. The van der Waals surface area contributed by atoms with Crippen LogP contribution in [0.2, 0.25) is 0 Å². The van der Waals surface area contributed by atoms with Crippen molar-refractivity contribution in [1.29, 1.82) is 0 Å². The summed E-state index contributed by atoms with van der Waals surface area (Å²) in [5.41, 5.74) is 0. The van der Waals surface area contributed by atoms with E-state index in [0.29, 0.717) is 12.8 Å². The van der Waals surface area contributed by atoms with Gasteiger partial charge in [-0.15, -0.1) is 0 Å². The summed E-state index contributed by atoms with van der Waals surface area (Å²) in [5.74, 6) is -1.56. The topological polar surface area (TPSA) is 317 Å². The fourth-order valence-electron chi connectivity index (χ4n) is 7.14. The minimum absolute atomic E-state index is 0.0141. The van der Waals surface area contributed by atoms with Crippen molar-refractivity contribution in [3.63, 3.8) is 0 Å². The van der Waals surface area contributed by atoms with Crippen LogP contribution in [-0.2, 0) is 41.8 Å². The number of phosphoric ester groups is 2. The standard InChI is InChI=1S/C52H86O19P2/c1-3-5-7-8-9-10-11-12-13-14-15-16-17-18-19-20-21-22-27-31-37-45(56)67-39-42(40-68-73(65,66)71-52-49(60)47(58)48(59)51(50(52)61)70-72(62,63)64)69-46(57)38-32-36-44(55)43(54)35-30-26-24-23-25-29-34-41(53)33-28-6-4-2/h6,10-11,13-14,16-17,23-26,28-30,34-35,41-44,47-55,58-61H,3-5,7-9,12,15,18-22,27,31-33,36-40H2,1-2H3,(H,65,66)(H2,62,63,64)/b11-10-,14-13-,17-16-,25-23+,26-24-,28-6-,34-29+,35-30-/t41-,42+,43+,44+,47?,48?,49?,50?,51+,52-/m0/s1. The van der Waals surface area contributed by atoms with Crippen LogP contribution >= 0.6 is 15.6 Å². The lowest BCUT2D eigenvalue weighted by atomic mass is 9.85. The molecular weight excluding hydrogens is 991 g/mol. The average Bonchev–Trinajstić information content (AvgIpc) is 3.34. The molecule has 1 fully saturated rings. The molecule has 1 saturated carbocycles. The molecule has 0 heterocycles. The number of carbonyl (C=O) groups is 2. The van der Waals surface area contributed by atoms with E-state index < -0.39 is 102 Å². The second-order valence-electron chi connectivity index (χ2n) is 17.7. The molecule has 418 valence electrons. The van der Waals surface area contributed by atoms with Gasteiger partial charge in [0.2, 0.25) is 0 Å². The predicted octanol–water partition coefficient (Wildman–Crippen LogP) is 7.25.